The molecule has 0 aliphatic carbocycles. The number of H-pyrrole nitrogens is 1. The number of rotatable bonds is 4. The normalized spacial score (nSPS) is 14.9. The predicted molar refractivity (Wildman–Crippen MR) is 112 cm³/mol. The van der Waals surface area contributed by atoms with Gasteiger partial charge in [0.2, 0.25) is 11.9 Å². The number of nitrogens with zero attached hydrogens (tertiary/aromatic N) is 4. The molecule has 164 valence electrons. The largest absolute Gasteiger partial charge is 0.416 e. The summed E-state index contributed by atoms with van der Waals surface area (Å²) in [6.07, 6.45) is -2.71. The Kier molecular flexibility index (Phi) is 5.65. The number of hydrogen-bond donors (Lipinski definition) is 2. The summed E-state index contributed by atoms with van der Waals surface area (Å²) in [5.74, 6) is 1.07. The number of amides is 1. The Morgan fingerprint density at radius 3 is 2.55 bits per heavy atom. The number of piperazine rings is 1. The average molecular weight is 453 g/mol. The van der Waals surface area contributed by atoms with Gasteiger partial charge in [-0.05, 0) is 29.8 Å². The number of hydrogen-bond acceptors (Lipinski definition) is 5. The van der Waals surface area contributed by atoms with Crippen molar-refractivity contribution < 1.29 is 18.0 Å². The second-order valence-electron chi connectivity index (χ2n) is 7.32. The number of halogens is 4. The Morgan fingerprint density at radius 2 is 1.90 bits per heavy atom. The lowest BCUT2D eigenvalue weighted by Crippen LogP contribution is -2.47. The highest BCUT2D eigenvalue weighted by Gasteiger charge is 2.31. The fourth-order valence-electron chi connectivity index (χ4n) is 3.48. The van der Waals surface area contributed by atoms with Gasteiger partial charge in [0.15, 0.2) is 0 Å². The van der Waals surface area contributed by atoms with Gasteiger partial charge >= 0.3 is 6.18 Å². The van der Waals surface area contributed by atoms with E-state index in [2.05, 4.69) is 20.3 Å². The number of benzene rings is 1. The van der Waals surface area contributed by atoms with Crippen molar-refractivity contribution in [3.63, 3.8) is 0 Å². The van der Waals surface area contributed by atoms with Gasteiger partial charge in [0, 0.05) is 45.8 Å². The molecule has 1 aliphatic heterocycles. The van der Waals surface area contributed by atoms with Crippen molar-refractivity contribution in [2.24, 2.45) is 0 Å². The highest BCUT2D eigenvalue weighted by atomic mass is 35.5. The molecule has 1 aromatic carbocycles. The van der Waals surface area contributed by atoms with Crippen LogP contribution in [-0.4, -0.2) is 47.0 Å². The molecule has 0 saturated carbocycles. The van der Waals surface area contributed by atoms with E-state index in [0.717, 1.165) is 17.7 Å². The van der Waals surface area contributed by atoms with E-state index in [-0.39, 0.29) is 5.91 Å². The Hall–Kier alpha value is -3.01. The van der Waals surface area contributed by atoms with Gasteiger partial charge in [0.25, 0.3) is 0 Å². The van der Waals surface area contributed by atoms with E-state index in [1.807, 2.05) is 9.80 Å². The fourth-order valence-corrected chi connectivity index (χ4v) is 3.79. The van der Waals surface area contributed by atoms with Gasteiger partial charge in [-0.25, -0.2) is 9.97 Å². The third kappa shape index (κ3) is 4.68. The van der Waals surface area contributed by atoms with Crippen LogP contribution in [0.5, 0.6) is 0 Å². The van der Waals surface area contributed by atoms with Crippen LogP contribution in [0.15, 0.2) is 30.5 Å². The smallest absolute Gasteiger partial charge is 0.352 e. The van der Waals surface area contributed by atoms with Gasteiger partial charge in [0.05, 0.1) is 21.6 Å². The number of alkyl halides is 3. The molecular weight excluding hydrogens is 433 g/mol. The predicted octanol–water partition coefficient (Wildman–Crippen LogP) is 3.59. The average Bonchev–Trinajstić information content (AvgIpc) is 3.15. The molecule has 0 radical (unpaired) electrons. The Balaban J connectivity index is 1.43. The number of pyridine rings is 1. The van der Waals surface area contributed by atoms with Crippen molar-refractivity contribution >= 4 is 40.3 Å². The maximum absolute atomic E-state index is 12.9. The van der Waals surface area contributed by atoms with Crippen LogP contribution in [0.2, 0.25) is 5.02 Å². The van der Waals surface area contributed by atoms with E-state index >= 15 is 0 Å². The van der Waals surface area contributed by atoms with E-state index in [1.165, 1.54) is 13.0 Å². The second-order valence-corrected chi connectivity index (χ2v) is 7.73. The zero-order valence-corrected chi connectivity index (χ0v) is 17.4. The van der Waals surface area contributed by atoms with Crippen molar-refractivity contribution in [2.45, 2.75) is 19.6 Å². The number of nitrogens with one attached hydrogen (secondary N) is 2. The van der Waals surface area contributed by atoms with Crippen LogP contribution in [0.1, 0.15) is 18.1 Å². The molecule has 1 amide bonds. The van der Waals surface area contributed by atoms with Crippen molar-refractivity contribution in [1.29, 1.82) is 0 Å². The maximum Gasteiger partial charge on any atom is 0.416 e. The molecule has 0 bridgehead atoms. The summed E-state index contributed by atoms with van der Waals surface area (Å²) in [5, 5.41) is 3.20. The van der Waals surface area contributed by atoms with Crippen LogP contribution in [-0.2, 0) is 17.5 Å². The molecule has 1 fully saturated rings. The molecule has 2 aromatic heterocycles. The van der Waals surface area contributed by atoms with Gasteiger partial charge in [-0.3, -0.25) is 4.79 Å². The first kappa shape index (κ1) is 21.2. The lowest BCUT2D eigenvalue weighted by Gasteiger charge is -2.35. The van der Waals surface area contributed by atoms with Gasteiger partial charge in [-0.1, -0.05) is 11.6 Å². The van der Waals surface area contributed by atoms with Crippen LogP contribution >= 0.6 is 11.6 Å². The second kappa shape index (κ2) is 8.26. The topological polar surface area (TPSA) is 77.2 Å². The number of aromatic amines is 1. The Labute approximate surface area is 181 Å². The lowest BCUT2D eigenvalue weighted by atomic mass is 10.2. The van der Waals surface area contributed by atoms with Crippen molar-refractivity contribution in [3.05, 3.63) is 46.6 Å². The third-order valence-electron chi connectivity index (χ3n) is 5.10. The maximum atomic E-state index is 12.9. The van der Waals surface area contributed by atoms with E-state index < -0.39 is 11.7 Å². The molecular formula is C20H20ClF3N6O. The number of carbonyl (C=O) groups is 1. The monoisotopic (exact) mass is 452 g/mol. The molecule has 3 aromatic rings. The molecule has 0 unspecified atom stereocenters. The van der Waals surface area contributed by atoms with Gasteiger partial charge in [-0.15, -0.1) is 0 Å². The first-order chi connectivity index (χ1) is 14.7. The fraction of sp³-hybridized carbons (Fsp3) is 0.350. The molecule has 0 spiro atoms. The summed E-state index contributed by atoms with van der Waals surface area (Å²) < 4.78 is 38.8. The minimum Gasteiger partial charge on any atom is -0.352 e. The quantitative estimate of drug-likeness (QED) is 0.632. The number of fused-ring (bicyclic) bond motifs is 1. The summed E-state index contributed by atoms with van der Waals surface area (Å²) in [6.45, 7) is 4.28. The molecule has 2 N–H and O–H groups in total. The number of imidazole rings is 1. The first-order valence-electron chi connectivity index (χ1n) is 9.66. The molecule has 7 nitrogen and oxygen atoms in total. The molecule has 0 atom stereocenters. The standard InChI is InChI=1S/C20H20ClF3N6O/c1-12(31)25-10-13-8-15(21)18(26-11-13)29-4-6-30(7-5-29)19-27-16-3-2-14(20(22,23)24)9-17(16)28-19/h2-3,8-9,11H,4-7,10H2,1H3,(H,25,31)(H,27,28). The van der Waals surface area contributed by atoms with E-state index in [1.54, 1.807) is 12.3 Å². The number of anilines is 2. The van der Waals surface area contributed by atoms with Crippen molar-refractivity contribution in [2.75, 3.05) is 36.0 Å². The lowest BCUT2D eigenvalue weighted by molar-refractivity contribution is -0.137. The first-order valence-corrected chi connectivity index (χ1v) is 10.0. The van der Waals surface area contributed by atoms with Crippen molar-refractivity contribution in [3.8, 4) is 0 Å². The van der Waals surface area contributed by atoms with Crippen molar-refractivity contribution in [1.82, 2.24) is 20.3 Å². The van der Waals surface area contributed by atoms with Gasteiger partial charge in [-0.2, -0.15) is 13.2 Å². The van der Waals surface area contributed by atoms with E-state index in [4.69, 9.17) is 11.6 Å². The zero-order chi connectivity index (χ0) is 22.2. The van der Waals surface area contributed by atoms with Gasteiger partial charge in [0.1, 0.15) is 5.82 Å². The molecule has 1 saturated heterocycles. The Bertz CT molecular complexity index is 1110. The van der Waals surface area contributed by atoms with Gasteiger partial charge < -0.3 is 20.1 Å². The summed E-state index contributed by atoms with van der Waals surface area (Å²) >= 11 is 6.40. The molecule has 3 heterocycles. The van der Waals surface area contributed by atoms with E-state index in [9.17, 15) is 18.0 Å². The SMILES string of the molecule is CC(=O)NCc1cnc(N2CCN(c3nc4ccc(C(F)(F)F)cc4[nH]3)CC2)c(Cl)c1. The molecule has 11 heteroatoms. The van der Waals surface area contributed by atoms with Crippen LogP contribution in [0.3, 0.4) is 0 Å². The molecule has 4 rings (SSSR count). The number of carbonyl (C=O) groups excluding carboxylic acids is 1. The zero-order valence-electron chi connectivity index (χ0n) is 16.6. The highest BCUT2D eigenvalue weighted by Crippen LogP contribution is 2.32. The Morgan fingerprint density at radius 1 is 1.19 bits per heavy atom. The summed E-state index contributed by atoms with van der Waals surface area (Å²) in [5.41, 5.74) is 0.947. The van der Waals surface area contributed by atoms with Crippen LogP contribution < -0.4 is 15.1 Å². The molecule has 31 heavy (non-hydrogen) atoms. The van der Waals surface area contributed by atoms with Crippen LogP contribution in [0.4, 0.5) is 24.9 Å². The summed E-state index contributed by atoms with van der Waals surface area (Å²) in [6, 6.07) is 5.27. The summed E-state index contributed by atoms with van der Waals surface area (Å²) in [7, 11) is 0. The van der Waals surface area contributed by atoms with Crippen LogP contribution in [0.25, 0.3) is 11.0 Å². The minimum absolute atomic E-state index is 0.128. The number of aromatic nitrogens is 3. The van der Waals surface area contributed by atoms with E-state index in [0.29, 0.717) is 60.5 Å². The third-order valence-corrected chi connectivity index (χ3v) is 5.37. The van der Waals surface area contributed by atoms with Crippen LogP contribution in [0, 0.1) is 0 Å². The minimum atomic E-state index is -4.39. The molecule has 1 aliphatic rings. The highest BCUT2D eigenvalue weighted by molar-refractivity contribution is 6.33. The summed E-state index contributed by atoms with van der Waals surface area (Å²) in [4.78, 5) is 26.9.